The first-order valence-corrected chi connectivity index (χ1v) is 7.63. The van der Waals surface area contributed by atoms with Gasteiger partial charge in [0.15, 0.2) is 0 Å². The number of anilines is 1. The molecule has 0 atom stereocenters. The van der Waals surface area contributed by atoms with Crippen LogP contribution in [0.4, 0.5) is 14.5 Å². The molecule has 0 radical (unpaired) electrons. The summed E-state index contributed by atoms with van der Waals surface area (Å²) in [5.74, 6) is -0.238. The number of alkyl halides is 2. The van der Waals surface area contributed by atoms with Gasteiger partial charge < -0.3 is 10.1 Å². The van der Waals surface area contributed by atoms with E-state index in [0.717, 1.165) is 4.90 Å². The van der Waals surface area contributed by atoms with Crippen LogP contribution >= 0.6 is 23.4 Å². The van der Waals surface area contributed by atoms with Gasteiger partial charge in [-0.1, -0.05) is 23.7 Å². The highest BCUT2D eigenvalue weighted by molar-refractivity contribution is 8.00. The van der Waals surface area contributed by atoms with Gasteiger partial charge in [0.1, 0.15) is 5.75 Å². The molecular weight excluding hydrogens is 332 g/mol. The maximum Gasteiger partial charge on any atom is 0.387 e. The number of para-hydroxylation sites is 2. The standard InChI is InChI=1S/C15H12ClF2NO2S/c16-10-5-7-11(8-6-10)22-9-14(20)19-12-3-1-2-4-13(12)21-15(17)18/h1-8,15H,9H2,(H,19,20). The van der Waals surface area contributed by atoms with Crippen molar-refractivity contribution in [2.75, 3.05) is 11.1 Å². The number of amides is 1. The monoisotopic (exact) mass is 343 g/mol. The summed E-state index contributed by atoms with van der Waals surface area (Å²) in [5.41, 5.74) is 0.213. The molecule has 2 rings (SSSR count). The minimum Gasteiger partial charge on any atom is -0.433 e. The number of carbonyl (C=O) groups is 1. The number of benzene rings is 2. The van der Waals surface area contributed by atoms with Crippen LogP contribution in [0.2, 0.25) is 5.02 Å². The number of ether oxygens (including phenoxy) is 1. The number of carbonyl (C=O) groups excluding carboxylic acids is 1. The summed E-state index contributed by atoms with van der Waals surface area (Å²) in [6.45, 7) is -2.94. The molecule has 0 aliphatic heterocycles. The highest BCUT2D eigenvalue weighted by atomic mass is 35.5. The summed E-state index contributed by atoms with van der Waals surface area (Å²) in [7, 11) is 0. The van der Waals surface area contributed by atoms with Crippen LogP contribution < -0.4 is 10.1 Å². The van der Waals surface area contributed by atoms with Crippen LogP contribution in [0.15, 0.2) is 53.4 Å². The first-order chi connectivity index (χ1) is 10.5. The molecule has 1 amide bonds. The smallest absolute Gasteiger partial charge is 0.387 e. The Morgan fingerprint density at radius 2 is 1.86 bits per heavy atom. The fourth-order valence-electron chi connectivity index (χ4n) is 1.63. The van der Waals surface area contributed by atoms with E-state index in [4.69, 9.17) is 11.6 Å². The number of hydrogen-bond donors (Lipinski definition) is 1. The lowest BCUT2D eigenvalue weighted by Crippen LogP contribution is -2.15. The molecule has 0 fully saturated rings. The van der Waals surface area contributed by atoms with Gasteiger partial charge in [-0.3, -0.25) is 4.79 Å². The van der Waals surface area contributed by atoms with Crippen LogP contribution in [0.5, 0.6) is 5.75 Å². The Morgan fingerprint density at radius 1 is 1.18 bits per heavy atom. The predicted octanol–water partition coefficient (Wildman–Crippen LogP) is 4.67. The third-order valence-corrected chi connectivity index (χ3v) is 3.82. The number of halogens is 3. The Morgan fingerprint density at radius 3 is 2.55 bits per heavy atom. The molecule has 0 aliphatic rings. The Labute approximate surface area is 135 Å². The minimum absolute atomic E-state index is 0.0673. The second-order valence-corrected chi connectivity index (χ2v) is 5.65. The summed E-state index contributed by atoms with van der Waals surface area (Å²) in [6.07, 6.45) is 0. The molecule has 0 bridgehead atoms. The fraction of sp³-hybridized carbons (Fsp3) is 0.133. The van der Waals surface area contributed by atoms with E-state index in [1.165, 1.54) is 23.9 Å². The Balaban J connectivity index is 1.93. The SMILES string of the molecule is O=C(CSc1ccc(Cl)cc1)Nc1ccccc1OC(F)F. The van der Waals surface area contributed by atoms with E-state index in [-0.39, 0.29) is 23.1 Å². The van der Waals surface area contributed by atoms with Crippen LogP contribution in [0, 0.1) is 0 Å². The van der Waals surface area contributed by atoms with Crippen molar-refractivity contribution in [3.8, 4) is 5.75 Å². The fourth-order valence-corrected chi connectivity index (χ4v) is 2.46. The van der Waals surface area contributed by atoms with E-state index >= 15 is 0 Å². The van der Waals surface area contributed by atoms with Gasteiger partial charge in [0.25, 0.3) is 0 Å². The summed E-state index contributed by atoms with van der Waals surface area (Å²) in [5, 5.41) is 3.17. The number of hydrogen-bond acceptors (Lipinski definition) is 3. The van der Waals surface area contributed by atoms with Gasteiger partial charge in [0.2, 0.25) is 5.91 Å². The Hall–Kier alpha value is -1.79. The molecule has 0 saturated heterocycles. The topological polar surface area (TPSA) is 38.3 Å². The van der Waals surface area contributed by atoms with E-state index in [1.54, 1.807) is 36.4 Å². The van der Waals surface area contributed by atoms with E-state index in [0.29, 0.717) is 5.02 Å². The van der Waals surface area contributed by atoms with E-state index in [2.05, 4.69) is 10.1 Å². The van der Waals surface area contributed by atoms with E-state index < -0.39 is 6.61 Å². The van der Waals surface area contributed by atoms with Crippen molar-refractivity contribution < 1.29 is 18.3 Å². The summed E-state index contributed by atoms with van der Waals surface area (Å²) in [4.78, 5) is 12.8. The van der Waals surface area contributed by atoms with Gasteiger partial charge in [0.05, 0.1) is 11.4 Å². The molecule has 0 heterocycles. The molecule has 0 aliphatic carbocycles. The highest BCUT2D eigenvalue weighted by Crippen LogP contribution is 2.26. The zero-order valence-corrected chi connectivity index (χ0v) is 12.8. The second-order valence-electron chi connectivity index (χ2n) is 4.17. The average Bonchev–Trinajstić information content (AvgIpc) is 2.48. The molecule has 1 N–H and O–H groups in total. The maximum atomic E-state index is 12.3. The molecule has 2 aromatic rings. The minimum atomic E-state index is -2.94. The van der Waals surface area contributed by atoms with Crippen molar-refractivity contribution in [3.05, 3.63) is 53.6 Å². The van der Waals surface area contributed by atoms with Gasteiger partial charge in [-0.25, -0.2) is 0 Å². The first kappa shape index (κ1) is 16.6. The number of rotatable bonds is 6. The van der Waals surface area contributed by atoms with Crippen LogP contribution in [0.3, 0.4) is 0 Å². The largest absolute Gasteiger partial charge is 0.433 e. The van der Waals surface area contributed by atoms with E-state index in [1.807, 2.05) is 0 Å². The van der Waals surface area contributed by atoms with Crippen molar-refractivity contribution in [3.63, 3.8) is 0 Å². The Kier molecular flexibility index (Phi) is 6.03. The molecule has 22 heavy (non-hydrogen) atoms. The third kappa shape index (κ3) is 5.20. The number of thioether (sulfide) groups is 1. The maximum absolute atomic E-state index is 12.3. The first-order valence-electron chi connectivity index (χ1n) is 6.26. The molecule has 0 unspecified atom stereocenters. The molecule has 0 spiro atoms. The number of nitrogens with one attached hydrogen (secondary N) is 1. The Bertz CT molecular complexity index is 638. The van der Waals surface area contributed by atoms with Gasteiger partial charge >= 0.3 is 6.61 Å². The van der Waals surface area contributed by atoms with E-state index in [9.17, 15) is 13.6 Å². The lowest BCUT2D eigenvalue weighted by atomic mass is 10.3. The van der Waals surface area contributed by atoms with Crippen molar-refractivity contribution in [2.24, 2.45) is 0 Å². The molecule has 2 aromatic carbocycles. The van der Waals surface area contributed by atoms with Crippen LogP contribution in [0.25, 0.3) is 0 Å². The molecule has 7 heteroatoms. The second kappa shape index (κ2) is 8.00. The zero-order chi connectivity index (χ0) is 15.9. The normalized spacial score (nSPS) is 10.5. The molecule has 116 valence electrons. The summed E-state index contributed by atoms with van der Waals surface area (Å²) >= 11 is 7.09. The molecule has 3 nitrogen and oxygen atoms in total. The van der Waals surface area contributed by atoms with Gasteiger partial charge in [-0.15, -0.1) is 11.8 Å². The molecular formula is C15H12ClF2NO2S. The van der Waals surface area contributed by atoms with Crippen LogP contribution in [0.1, 0.15) is 0 Å². The summed E-state index contributed by atoms with van der Waals surface area (Å²) < 4.78 is 28.9. The molecule has 0 saturated carbocycles. The third-order valence-electron chi connectivity index (χ3n) is 2.56. The lowest BCUT2D eigenvalue weighted by Gasteiger charge is -2.11. The predicted molar refractivity (Wildman–Crippen MR) is 83.9 cm³/mol. The quantitative estimate of drug-likeness (QED) is 0.774. The van der Waals surface area contributed by atoms with Crippen molar-refractivity contribution in [1.29, 1.82) is 0 Å². The molecule has 0 aromatic heterocycles. The average molecular weight is 344 g/mol. The van der Waals surface area contributed by atoms with Gasteiger partial charge in [0, 0.05) is 9.92 Å². The van der Waals surface area contributed by atoms with Crippen LogP contribution in [-0.2, 0) is 4.79 Å². The van der Waals surface area contributed by atoms with Gasteiger partial charge in [-0.05, 0) is 36.4 Å². The van der Waals surface area contributed by atoms with Gasteiger partial charge in [-0.2, -0.15) is 8.78 Å². The van der Waals surface area contributed by atoms with Crippen molar-refractivity contribution in [1.82, 2.24) is 0 Å². The highest BCUT2D eigenvalue weighted by Gasteiger charge is 2.11. The van der Waals surface area contributed by atoms with Crippen LogP contribution in [-0.4, -0.2) is 18.3 Å². The van der Waals surface area contributed by atoms with Crippen molar-refractivity contribution in [2.45, 2.75) is 11.5 Å². The van der Waals surface area contributed by atoms with Crippen molar-refractivity contribution >= 4 is 35.0 Å². The zero-order valence-electron chi connectivity index (χ0n) is 11.3. The lowest BCUT2D eigenvalue weighted by molar-refractivity contribution is -0.113. The summed E-state index contributed by atoms with van der Waals surface area (Å²) in [6, 6.07) is 13.1.